The summed E-state index contributed by atoms with van der Waals surface area (Å²) in [6.07, 6.45) is -7.68. The van der Waals surface area contributed by atoms with Gasteiger partial charge in [-0.15, -0.1) is 0 Å². The minimum atomic E-state index is -1.96. The molecule has 3 heterocycles. The molecule has 0 radical (unpaired) electrons. The van der Waals surface area contributed by atoms with E-state index in [4.69, 9.17) is 28.4 Å². The van der Waals surface area contributed by atoms with Crippen molar-refractivity contribution < 1.29 is 89.4 Å². The van der Waals surface area contributed by atoms with Gasteiger partial charge in [0.15, 0.2) is 18.9 Å². The highest BCUT2D eigenvalue weighted by Crippen LogP contribution is 2.33. The average Bonchev–Trinajstić information content (AvgIpc) is 3.25. The summed E-state index contributed by atoms with van der Waals surface area (Å²) in [5.74, 6) is -0.280. The second-order valence-electron chi connectivity index (χ2n) is 16.9. The van der Waals surface area contributed by atoms with E-state index in [-0.39, 0.29) is 18.9 Å². The fourth-order valence-corrected chi connectivity index (χ4v) is 7.99. The molecule has 3 aliphatic rings. The lowest BCUT2D eigenvalue weighted by molar-refractivity contribution is -0.379. The molecular formula is C42H79NO18. The van der Waals surface area contributed by atoms with Crippen LogP contribution in [0.15, 0.2) is 0 Å². The molecule has 19 heteroatoms. The molecule has 360 valence electrons. The number of hydrogen-bond acceptors (Lipinski definition) is 18. The van der Waals surface area contributed by atoms with Crippen molar-refractivity contribution >= 4 is 5.91 Å². The molecule has 0 aromatic heterocycles. The van der Waals surface area contributed by atoms with Crippen LogP contribution in [0.5, 0.6) is 0 Å². The molecule has 3 aliphatic heterocycles. The Kier molecular flexibility index (Phi) is 26.0. The first-order valence-electron chi connectivity index (χ1n) is 22.8. The van der Waals surface area contributed by atoms with E-state index >= 15 is 0 Å². The summed E-state index contributed by atoms with van der Waals surface area (Å²) in [6, 6.07) is -0.873. The molecule has 3 fully saturated rings. The number of amides is 1. The highest BCUT2D eigenvalue weighted by molar-refractivity contribution is 5.76. The van der Waals surface area contributed by atoms with Gasteiger partial charge >= 0.3 is 0 Å². The fraction of sp³-hybridized carbons (Fsp3) is 0.976. The van der Waals surface area contributed by atoms with Crippen LogP contribution in [-0.2, 0) is 33.2 Å². The number of nitrogens with one attached hydrogen (secondary N) is 1. The molecule has 19 nitrogen and oxygen atoms in total. The van der Waals surface area contributed by atoms with Gasteiger partial charge in [0.1, 0.15) is 73.2 Å². The highest BCUT2D eigenvalue weighted by atomic mass is 16.8. The van der Waals surface area contributed by atoms with Crippen LogP contribution in [0.25, 0.3) is 0 Å². The normalized spacial score (nSPS) is 35.5. The van der Waals surface area contributed by atoms with E-state index in [1.165, 1.54) is 64.2 Å². The Morgan fingerprint density at radius 1 is 0.525 bits per heavy atom. The first-order chi connectivity index (χ1) is 29.3. The van der Waals surface area contributed by atoms with Gasteiger partial charge in [0.05, 0.1) is 38.6 Å². The molecule has 0 saturated carbocycles. The van der Waals surface area contributed by atoms with Gasteiger partial charge in [0.25, 0.3) is 0 Å². The molecular weight excluding hydrogens is 806 g/mol. The predicted octanol–water partition coefficient (Wildman–Crippen LogP) is -0.641. The van der Waals surface area contributed by atoms with Crippen LogP contribution in [-0.4, -0.2) is 193 Å². The number of ether oxygens (including phenoxy) is 6. The maximum absolute atomic E-state index is 12.7. The van der Waals surface area contributed by atoms with Crippen LogP contribution in [0, 0.1) is 0 Å². The second-order valence-corrected chi connectivity index (χ2v) is 16.9. The first kappa shape index (κ1) is 54.1. The maximum atomic E-state index is 12.7. The Morgan fingerprint density at radius 3 is 1.41 bits per heavy atom. The minimum absolute atomic E-state index is 0.243. The van der Waals surface area contributed by atoms with Crippen molar-refractivity contribution in [2.24, 2.45) is 0 Å². The van der Waals surface area contributed by atoms with E-state index in [0.29, 0.717) is 12.8 Å². The van der Waals surface area contributed by atoms with Crippen molar-refractivity contribution in [3.63, 3.8) is 0 Å². The van der Waals surface area contributed by atoms with Crippen molar-refractivity contribution in [2.75, 3.05) is 26.4 Å². The largest absolute Gasteiger partial charge is 0.394 e. The van der Waals surface area contributed by atoms with E-state index in [1.807, 2.05) is 6.92 Å². The van der Waals surface area contributed by atoms with Crippen LogP contribution in [0.2, 0.25) is 0 Å². The molecule has 0 aromatic carbocycles. The third-order valence-electron chi connectivity index (χ3n) is 11.9. The number of unbranched alkanes of at least 4 members (excludes halogenated alkanes) is 14. The van der Waals surface area contributed by atoms with Gasteiger partial charge in [-0.3, -0.25) is 4.79 Å². The molecule has 0 aromatic rings. The quantitative estimate of drug-likeness (QED) is 0.0399. The molecule has 0 aliphatic carbocycles. The lowest BCUT2D eigenvalue weighted by Crippen LogP contribution is -2.66. The third kappa shape index (κ3) is 16.9. The van der Waals surface area contributed by atoms with Crippen LogP contribution in [0.4, 0.5) is 0 Å². The molecule has 0 spiro atoms. The average molecular weight is 886 g/mol. The standard InChI is InChI=1S/C42H79NO18/c1-3-5-7-8-9-10-11-12-13-14-15-16-17-18-19-26(47)25(43-30(48)20-6-4-2)24-56-40-36(54)33(51)38(28(22-45)58-40)61-42-37(55)34(52)39(29(23-46)59-42)60-41-35(53)32(50)31(49)27(21-44)57-41/h25-29,31-42,44-47,49-55H,3-24H2,1-2H3,(H,43,48). The summed E-state index contributed by atoms with van der Waals surface area (Å²) < 4.78 is 33.8. The molecule has 3 rings (SSSR count). The lowest BCUT2D eigenvalue weighted by Gasteiger charge is -2.48. The minimum Gasteiger partial charge on any atom is -0.394 e. The van der Waals surface area contributed by atoms with Crippen LogP contribution in [0.3, 0.4) is 0 Å². The zero-order valence-electron chi connectivity index (χ0n) is 36.1. The van der Waals surface area contributed by atoms with Crippen molar-refractivity contribution in [2.45, 2.75) is 234 Å². The Morgan fingerprint density at radius 2 is 0.934 bits per heavy atom. The smallest absolute Gasteiger partial charge is 0.220 e. The Bertz CT molecular complexity index is 1160. The first-order valence-corrected chi connectivity index (χ1v) is 22.8. The molecule has 17 atom stereocenters. The summed E-state index contributed by atoms with van der Waals surface area (Å²) in [5.41, 5.74) is 0. The van der Waals surface area contributed by atoms with E-state index < -0.39 is 124 Å². The molecule has 12 N–H and O–H groups in total. The van der Waals surface area contributed by atoms with E-state index in [9.17, 15) is 61.0 Å². The van der Waals surface area contributed by atoms with Gasteiger partial charge in [-0.25, -0.2) is 0 Å². The number of rotatable bonds is 30. The number of carbonyl (C=O) groups excluding carboxylic acids is 1. The maximum Gasteiger partial charge on any atom is 0.220 e. The summed E-state index contributed by atoms with van der Waals surface area (Å²) in [5, 5.41) is 119. The third-order valence-corrected chi connectivity index (χ3v) is 11.9. The molecule has 0 bridgehead atoms. The monoisotopic (exact) mass is 886 g/mol. The number of aliphatic hydroxyl groups is 11. The zero-order valence-corrected chi connectivity index (χ0v) is 36.1. The van der Waals surface area contributed by atoms with Crippen LogP contribution < -0.4 is 5.32 Å². The second kappa shape index (κ2) is 29.4. The topological polar surface area (TPSA) is 307 Å². The van der Waals surface area contributed by atoms with Gasteiger partial charge < -0.3 is 89.9 Å². The summed E-state index contributed by atoms with van der Waals surface area (Å²) in [6.45, 7) is 1.48. The van der Waals surface area contributed by atoms with E-state index in [2.05, 4.69) is 12.2 Å². The van der Waals surface area contributed by atoms with E-state index in [1.54, 1.807) is 0 Å². The van der Waals surface area contributed by atoms with Crippen molar-refractivity contribution in [1.82, 2.24) is 5.32 Å². The Labute approximate surface area is 360 Å². The number of carbonyl (C=O) groups is 1. The van der Waals surface area contributed by atoms with Gasteiger partial charge in [0.2, 0.25) is 5.91 Å². The SMILES string of the molecule is CCCCCCCCCCCCCCCCC(O)C(COC1OC(CO)C(OC2OC(CO)C(OC3OC(CO)C(O)C(O)C3O)C(O)C2O)C(O)C1O)NC(=O)CCCC. The Balaban J connectivity index is 1.52. The summed E-state index contributed by atoms with van der Waals surface area (Å²) in [7, 11) is 0. The van der Waals surface area contributed by atoms with Crippen LogP contribution in [0.1, 0.15) is 129 Å². The number of aliphatic hydroxyl groups excluding tert-OH is 11. The summed E-state index contributed by atoms with van der Waals surface area (Å²) in [4.78, 5) is 12.7. The van der Waals surface area contributed by atoms with Crippen molar-refractivity contribution in [1.29, 1.82) is 0 Å². The lowest BCUT2D eigenvalue weighted by atomic mass is 9.96. The van der Waals surface area contributed by atoms with Crippen molar-refractivity contribution in [3.8, 4) is 0 Å². The Hall–Kier alpha value is -1.21. The van der Waals surface area contributed by atoms with Crippen molar-refractivity contribution in [3.05, 3.63) is 0 Å². The van der Waals surface area contributed by atoms with Crippen LogP contribution >= 0.6 is 0 Å². The van der Waals surface area contributed by atoms with Gasteiger partial charge in [-0.2, -0.15) is 0 Å². The molecule has 3 saturated heterocycles. The predicted molar refractivity (Wildman–Crippen MR) is 217 cm³/mol. The molecule has 17 unspecified atom stereocenters. The molecule has 61 heavy (non-hydrogen) atoms. The van der Waals surface area contributed by atoms with Gasteiger partial charge in [-0.1, -0.05) is 110 Å². The molecule has 1 amide bonds. The van der Waals surface area contributed by atoms with Gasteiger partial charge in [-0.05, 0) is 12.8 Å². The number of hydrogen-bond donors (Lipinski definition) is 12. The van der Waals surface area contributed by atoms with E-state index in [0.717, 1.165) is 32.1 Å². The zero-order chi connectivity index (χ0) is 44.9. The van der Waals surface area contributed by atoms with Gasteiger partial charge in [0, 0.05) is 6.42 Å². The fourth-order valence-electron chi connectivity index (χ4n) is 7.99. The highest BCUT2D eigenvalue weighted by Gasteiger charge is 2.53. The summed E-state index contributed by atoms with van der Waals surface area (Å²) >= 11 is 0.